The van der Waals surface area contributed by atoms with Gasteiger partial charge in [-0.3, -0.25) is 4.98 Å². The largest absolute Gasteiger partial charge is 0.369 e. The second-order valence-corrected chi connectivity index (χ2v) is 4.95. The van der Waals surface area contributed by atoms with E-state index in [0.29, 0.717) is 13.2 Å². The molecule has 0 radical (unpaired) electrons. The molecule has 0 saturated heterocycles. The summed E-state index contributed by atoms with van der Waals surface area (Å²) in [6.45, 7) is 1.26. The predicted molar refractivity (Wildman–Crippen MR) is 68.5 cm³/mol. The minimum Gasteiger partial charge on any atom is -0.369 e. The molecule has 1 aromatic rings. The molecular formula is C14H22N2O. The van der Waals surface area contributed by atoms with E-state index in [-0.39, 0.29) is 5.60 Å². The van der Waals surface area contributed by atoms with E-state index in [9.17, 15) is 0 Å². The fourth-order valence-electron chi connectivity index (χ4n) is 2.50. The van der Waals surface area contributed by atoms with Crippen LogP contribution in [0.3, 0.4) is 0 Å². The van der Waals surface area contributed by atoms with Gasteiger partial charge in [0.2, 0.25) is 0 Å². The van der Waals surface area contributed by atoms with Crippen LogP contribution in [0.15, 0.2) is 24.5 Å². The van der Waals surface area contributed by atoms with Crippen LogP contribution in [0.1, 0.15) is 44.1 Å². The SMILES string of the molecule is NCC1(OCc2cccnc2)CCCCCC1. The van der Waals surface area contributed by atoms with Crippen LogP contribution in [0.4, 0.5) is 0 Å². The van der Waals surface area contributed by atoms with Crippen molar-refractivity contribution in [1.29, 1.82) is 0 Å². The summed E-state index contributed by atoms with van der Waals surface area (Å²) in [7, 11) is 0. The number of nitrogens with two attached hydrogens (primary N) is 1. The Morgan fingerprint density at radius 2 is 2.00 bits per heavy atom. The van der Waals surface area contributed by atoms with Gasteiger partial charge in [0.25, 0.3) is 0 Å². The summed E-state index contributed by atoms with van der Waals surface area (Å²) in [5, 5.41) is 0. The zero-order valence-electron chi connectivity index (χ0n) is 10.4. The molecule has 0 atom stereocenters. The molecule has 0 bridgehead atoms. The number of aromatic nitrogens is 1. The lowest BCUT2D eigenvalue weighted by atomic mass is 9.94. The van der Waals surface area contributed by atoms with Gasteiger partial charge in [0.1, 0.15) is 0 Å². The van der Waals surface area contributed by atoms with Crippen LogP contribution in [0, 0.1) is 0 Å². The number of pyridine rings is 1. The Hall–Kier alpha value is -0.930. The van der Waals surface area contributed by atoms with E-state index in [2.05, 4.69) is 4.98 Å². The molecule has 2 rings (SSSR count). The maximum Gasteiger partial charge on any atom is 0.0808 e. The summed E-state index contributed by atoms with van der Waals surface area (Å²) in [5.74, 6) is 0. The first kappa shape index (κ1) is 12.5. The van der Waals surface area contributed by atoms with Crippen molar-refractivity contribution in [3.63, 3.8) is 0 Å². The van der Waals surface area contributed by atoms with Gasteiger partial charge in [0.15, 0.2) is 0 Å². The molecule has 0 aliphatic heterocycles. The van der Waals surface area contributed by atoms with Crippen molar-refractivity contribution in [3.8, 4) is 0 Å². The Morgan fingerprint density at radius 3 is 2.59 bits per heavy atom. The third kappa shape index (κ3) is 3.51. The van der Waals surface area contributed by atoms with Crippen molar-refractivity contribution in [1.82, 2.24) is 4.98 Å². The summed E-state index contributed by atoms with van der Waals surface area (Å²) < 4.78 is 6.12. The first-order valence-corrected chi connectivity index (χ1v) is 6.58. The van der Waals surface area contributed by atoms with E-state index in [1.54, 1.807) is 6.20 Å². The zero-order chi connectivity index (χ0) is 12.0. The molecule has 1 aliphatic rings. The van der Waals surface area contributed by atoms with Gasteiger partial charge < -0.3 is 10.5 Å². The summed E-state index contributed by atoms with van der Waals surface area (Å²) in [6.07, 6.45) is 11.0. The zero-order valence-corrected chi connectivity index (χ0v) is 10.4. The van der Waals surface area contributed by atoms with Crippen molar-refractivity contribution < 1.29 is 4.74 Å². The van der Waals surface area contributed by atoms with Crippen molar-refractivity contribution in [3.05, 3.63) is 30.1 Å². The fourth-order valence-corrected chi connectivity index (χ4v) is 2.50. The molecule has 1 aliphatic carbocycles. The van der Waals surface area contributed by atoms with Gasteiger partial charge in [-0.15, -0.1) is 0 Å². The first-order valence-electron chi connectivity index (χ1n) is 6.58. The van der Waals surface area contributed by atoms with Crippen LogP contribution >= 0.6 is 0 Å². The Kier molecular flexibility index (Phi) is 4.51. The molecule has 0 amide bonds. The number of rotatable bonds is 4. The van der Waals surface area contributed by atoms with Crippen LogP contribution in [0.25, 0.3) is 0 Å². The van der Waals surface area contributed by atoms with Gasteiger partial charge >= 0.3 is 0 Å². The number of hydrogen-bond acceptors (Lipinski definition) is 3. The lowest BCUT2D eigenvalue weighted by Crippen LogP contribution is -2.40. The number of hydrogen-bond donors (Lipinski definition) is 1. The summed E-state index contributed by atoms with van der Waals surface area (Å²) in [5.41, 5.74) is 6.97. The van der Waals surface area contributed by atoms with E-state index in [4.69, 9.17) is 10.5 Å². The Bertz CT molecular complexity index is 318. The highest BCUT2D eigenvalue weighted by molar-refractivity contribution is 5.07. The quantitative estimate of drug-likeness (QED) is 0.815. The van der Waals surface area contributed by atoms with Crippen molar-refractivity contribution in [2.75, 3.05) is 6.54 Å². The Balaban J connectivity index is 1.94. The van der Waals surface area contributed by atoms with Gasteiger partial charge in [0.05, 0.1) is 12.2 Å². The summed E-state index contributed by atoms with van der Waals surface area (Å²) in [4.78, 5) is 4.10. The molecule has 1 aromatic heterocycles. The molecule has 0 unspecified atom stereocenters. The molecule has 3 nitrogen and oxygen atoms in total. The molecule has 1 saturated carbocycles. The summed E-state index contributed by atoms with van der Waals surface area (Å²) >= 11 is 0. The standard InChI is InChI=1S/C14H22N2O/c15-12-14(7-3-1-2-4-8-14)17-11-13-6-5-9-16-10-13/h5-6,9-10H,1-4,7-8,11-12,15H2. The van der Waals surface area contributed by atoms with Crippen molar-refractivity contribution in [2.45, 2.75) is 50.7 Å². The first-order chi connectivity index (χ1) is 8.35. The third-order valence-corrected chi connectivity index (χ3v) is 3.65. The molecular weight excluding hydrogens is 212 g/mol. The van der Waals surface area contributed by atoms with Gasteiger partial charge in [-0.25, -0.2) is 0 Å². The Morgan fingerprint density at radius 1 is 1.24 bits per heavy atom. The van der Waals surface area contributed by atoms with Crippen molar-refractivity contribution in [2.24, 2.45) is 5.73 Å². The lowest BCUT2D eigenvalue weighted by molar-refractivity contribution is -0.0602. The highest BCUT2D eigenvalue weighted by Crippen LogP contribution is 2.30. The fraction of sp³-hybridized carbons (Fsp3) is 0.643. The van der Waals surface area contributed by atoms with Crippen LogP contribution in [0.5, 0.6) is 0 Å². The lowest BCUT2D eigenvalue weighted by Gasteiger charge is -2.31. The smallest absolute Gasteiger partial charge is 0.0808 e. The minimum atomic E-state index is -0.0909. The van der Waals surface area contributed by atoms with E-state index in [1.165, 1.54) is 25.7 Å². The maximum absolute atomic E-state index is 6.12. The monoisotopic (exact) mass is 234 g/mol. The molecule has 3 heteroatoms. The molecule has 1 heterocycles. The normalized spacial score (nSPS) is 19.8. The van der Waals surface area contributed by atoms with Gasteiger partial charge in [-0.2, -0.15) is 0 Å². The average molecular weight is 234 g/mol. The van der Waals surface area contributed by atoms with E-state index in [0.717, 1.165) is 18.4 Å². The molecule has 0 aromatic carbocycles. The number of ether oxygens (including phenoxy) is 1. The van der Waals surface area contributed by atoms with Crippen LogP contribution < -0.4 is 5.73 Å². The van der Waals surface area contributed by atoms with Gasteiger partial charge in [-0.1, -0.05) is 31.7 Å². The molecule has 2 N–H and O–H groups in total. The average Bonchev–Trinajstić information content (AvgIpc) is 2.64. The molecule has 17 heavy (non-hydrogen) atoms. The topological polar surface area (TPSA) is 48.1 Å². The third-order valence-electron chi connectivity index (χ3n) is 3.65. The van der Waals surface area contributed by atoms with Crippen molar-refractivity contribution >= 4 is 0 Å². The highest BCUT2D eigenvalue weighted by atomic mass is 16.5. The van der Waals surface area contributed by atoms with E-state index in [1.807, 2.05) is 18.3 Å². The predicted octanol–water partition coefficient (Wildman–Crippen LogP) is 2.65. The number of nitrogens with zero attached hydrogens (tertiary/aromatic N) is 1. The maximum atomic E-state index is 6.12. The molecule has 0 spiro atoms. The minimum absolute atomic E-state index is 0.0909. The molecule has 1 fully saturated rings. The van der Waals surface area contributed by atoms with E-state index >= 15 is 0 Å². The van der Waals surface area contributed by atoms with E-state index < -0.39 is 0 Å². The van der Waals surface area contributed by atoms with Gasteiger partial charge in [0, 0.05) is 18.9 Å². The van der Waals surface area contributed by atoms with Crippen LogP contribution in [-0.2, 0) is 11.3 Å². The Labute approximate surface area is 103 Å². The molecule has 94 valence electrons. The van der Waals surface area contributed by atoms with Crippen LogP contribution in [0.2, 0.25) is 0 Å². The second-order valence-electron chi connectivity index (χ2n) is 4.95. The van der Waals surface area contributed by atoms with Crippen LogP contribution in [-0.4, -0.2) is 17.1 Å². The second kappa shape index (κ2) is 6.12. The van der Waals surface area contributed by atoms with Gasteiger partial charge in [-0.05, 0) is 24.5 Å². The highest BCUT2D eigenvalue weighted by Gasteiger charge is 2.30. The summed E-state index contributed by atoms with van der Waals surface area (Å²) in [6, 6.07) is 3.99.